The summed E-state index contributed by atoms with van der Waals surface area (Å²) in [6, 6.07) is 15.5. The van der Waals surface area contributed by atoms with E-state index in [1.165, 1.54) is 6.08 Å². The van der Waals surface area contributed by atoms with Crippen LogP contribution in [0.5, 0.6) is 0 Å². The molecule has 0 radical (unpaired) electrons. The lowest BCUT2D eigenvalue weighted by Gasteiger charge is -2.14. The van der Waals surface area contributed by atoms with E-state index in [0.717, 1.165) is 16.7 Å². The number of benzene rings is 2. The van der Waals surface area contributed by atoms with E-state index in [9.17, 15) is 9.59 Å². The van der Waals surface area contributed by atoms with Gasteiger partial charge in [-0.25, -0.2) is 0 Å². The topological polar surface area (TPSA) is 58.2 Å². The summed E-state index contributed by atoms with van der Waals surface area (Å²) in [5.41, 5.74) is 3.64. The number of carbonyl (C=O) groups is 2. The minimum atomic E-state index is -0.194. The van der Waals surface area contributed by atoms with Gasteiger partial charge in [0.2, 0.25) is 5.91 Å². The fourth-order valence-corrected chi connectivity index (χ4v) is 2.51. The molecular formula is C21H24N2O2. The van der Waals surface area contributed by atoms with Crippen molar-refractivity contribution in [3.8, 4) is 11.1 Å². The van der Waals surface area contributed by atoms with Crippen molar-refractivity contribution in [3.05, 3.63) is 72.3 Å². The van der Waals surface area contributed by atoms with Crippen molar-refractivity contribution in [1.82, 2.24) is 10.6 Å². The third-order valence-electron chi connectivity index (χ3n) is 3.83. The standard InChI is InChI=1S/C21H24N2O2/c1-5-20(24)23-15(4)16-9-11-17(12-10-16)18-7-6-8-19(13-18)21(25)22-14(2)3/h5-15H,1H2,2-4H3,(H,22,25)(H,23,24)/t15-/m1/s1. The molecule has 2 amide bonds. The number of nitrogens with one attached hydrogen (secondary N) is 2. The maximum atomic E-state index is 12.2. The summed E-state index contributed by atoms with van der Waals surface area (Å²) in [7, 11) is 0. The Labute approximate surface area is 149 Å². The lowest BCUT2D eigenvalue weighted by atomic mass is 9.99. The average Bonchev–Trinajstić information content (AvgIpc) is 2.61. The fraction of sp³-hybridized carbons (Fsp3) is 0.238. The molecule has 0 spiro atoms. The molecule has 2 aromatic rings. The molecule has 4 nitrogen and oxygen atoms in total. The first kappa shape index (κ1) is 18.5. The molecule has 25 heavy (non-hydrogen) atoms. The van der Waals surface area contributed by atoms with Crippen LogP contribution < -0.4 is 10.6 Å². The van der Waals surface area contributed by atoms with Crippen molar-refractivity contribution in [1.29, 1.82) is 0 Å². The molecule has 0 heterocycles. The maximum Gasteiger partial charge on any atom is 0.251 e. The highest BCUT2D eigenvalue weighted by Crippen LogP contribution is 2.23. The van der Waals surface area contributed by atoms with Gasteiger partial charge in [0.15, 0.2) is 0 Å². The van der Waals surface area contributed by atoms with Crippen LogP contribution in [0, 0.1) is 0 Å². The van der Waals surface area contributed by atoms with Gasteiger partial charge in [-0.05, 0) is 55.7 Å². The van der Waals surface area contributed by atoms with Gasteiger partial charge in [-0.15, -0.1) is 0 Å². The Morgan fingerprint density at radius 1 is 0.960 bits per heavy atom. The summed E-state index contributed by atoms with van der Waals surface area (Å²) in [4.78, 5) is 23.5. The minimum absolute atomic E-state index is 0.0748. The highest BCUT2D eigenvalue weighted by Gasteiger charge is 2.10. The van der Waals surface area contributed by atoms with E-state index < -0.39 is 0 Å². The maximum absolute atomic E-state index is 12.2. The number of rotatable bonds is 6. The molecule has 0 aliphatic heterocycles. The minimum Gasteiger partial charge on any atom is -0.350 e. The third kappa shape index (κ3) is 5.05. The molecule has 0 aliphatic rings. The second-order valence-electron chi connectivity index (χ2n) is 6.27. The molecule has 0 aliphatic carbocycles. The Balaban J connectivity index is 2.18. The van der Waals surface area contributed by atoms with Crippen LogP contribution in [0.4, 0.5) is 0 Å². The van der Waals surface area contributed by atoms with Gasteiger partial charge in [-0.1, -0.05) is 43.0 Å². The summed E-state index contributed by atoms with van der Waals surface area (Å²) in [5.74, 6) is -0.269. The van der Waals surface area contributed by atoms with Gasteiger partial charge in [-0.3, -0.25) is 9.59 Å². The van der Waals surface area contributed by atoms with Gasteiger partial charge in [0.1, 0.15) is 0 Å². The van der Waals surface area contributed by atoms with E-state index in [0.29, 0.717) is 5.56 Å². The Morgan fingerprint density at radius 2 is 1.64 bits per heavy atom. The predicted octanol–water partition coefficient (Wildman–Crippen LogP) is 3.86. The van der Waals surface area contributed by atoms with Crippen LogP contribution in [-0.4, -0.2) is 17.9 Å². The van der Waals surface area contributed by atoms with Crippen LogP contribution in [0.1, 0.15) is 42.7 Å². The fourth-order valence-electron chi connectivity index (χ4n) is 2.51. The summed E-state index contributed by atoms with van der Waals surface area (Å²) in [6.07, 6.45) is 1.26. The largest absolute Gasteiger partial charge is 0.350 e. The van der Waals surface area contributed by atoms with Crippen LogP contribution in [0.2, 0.25) is 0 Å². The Hall–Kier alpha value is -2.88. The van der Waals surface area contributed by atoms with Crippen molar-refractivity contribution in [3.63, 3.8) is 0 Å². The van der Waals surface area contributed by atoms with E-state index in [2.05, 4.69) is 17.2 Å². The van der Waals surface area contributed by atoms with Gasteiger partial charge in [0.25, 0.3) is 5.91 Å². The first-order valence-electron chi connectivity index (χ1n) is 8.35. The van der Waals surface area contributed by atoms with E-state index >= 15 is 0 Å². The highest BCUT2D eigenvalue weighted by molar-refractivity contribution is 5.95. The molecule has 0 aromatic heterocycles. The second kappa shape index (κ2) is 8.29. The highest BCUT2D eigenvalue weighted by atomic mass is 16.2. The van der Waals surface area contributed by atoms with Gasteiger partial charge in [0, 0.05) is 11.6 Å². The van der Waals surface area contributed by atoms with E-state index in [-0.39, 0.29) is 23.9 Å². The molecule has 2 N–H and O–H groups in total. The quantitative estimate of drug-likeness (QED) is 0.787. The van der Waals surface area contributed by atoms with Crippen molar-refractivity contribution in [2.24, 2.45) is 0 Å². The van der Waals surface area contributed by atoms with Crippen LogP contribution in [0.25, 0.3) is 11.1 Å². The van der Waals surface area contributed by atoms with Crippen molar-refractivity contribution < 1.29 is 9.59 Å². The molecule has 0 unspecified atom stereocenters. The van der Waals surface area contributed by atoms with Crippen molar-refractivity contribution in [2.75, 3.05) is 0 Å². The van der Waals surface area contributed by atoms with Crippen LogP contribution >= 0.6 is 0 Å². The Morgan fingerprint density at radius 3 is 2.24 bits per heavy atom. The number of carbonyl (C=O) groups excluding carboxylic acids is 2. The van der Waals surface area contributed by atoms with Gasteiger partial charge < -0.3 is 10.6 Å². The second-order valence-corrected chi connectivity index (χ2v) is 6.27. The van der Waals surface area contributed by atoms with Crippen LogP contribution in [-0.2, 0) is 4.79 Å². The van der Waals surface area contributed by atoms with Gasteiger partial charge >= 0.3 is 0 Å². The first-order chi connectivity index (χ1) is 11.9. The normalized spacial score (nSPS) is 11.7. The molecule has 0 bridgehead atoms. The van der Waals surface area contributed by atoms with Gasteiger partial charge in [-0.2, -0.15) is 0 Å². The SMILES string of the molecule is C=CC(=O)N[C@H](C)c1ccc(-c2cccc(C(=O)NC(C)C)c2)cc1. The summed E-state index contributed by atoms with van der Waals surface area (Å²) in [6.45, 7) is 9.26. The first-order valence-corrected chi connectivity index (χ1v) is 8.35. The zero-order chi connectivity index (χ0) is 18.4. The predicted molar refractivity (Wildman–Crippen MR) is 101 cm³/mol. The number of amides is 2. The van der Waals surface area contributed by atoms with Crippen molar-refractivity contribution >= 4 is 11.8 Å². The van der Waals surface area contributed by atoms with E-state index in [1.807, 2.05) is 69.3 Å². The van der Waals surface area contributed by atoms with E-state index in [1.54, 1.807) is 0 Å². The molecule has 130 valence electrons. The molecule has 2 rings (SSSR count). The molecule has 0 saturated heterocycles. The van der Waals surface area contributed by atoms with Crippen LogP contribution in [0.15, 0.2) is 61.2 Å². The average molecular weight is 336 g/mol. The number of hydrogen-bond acceptors (Lipinski definition) is 2. The number of hydrogen-bond donors (Lipinski definition) is 2. The summed E-state index contributed by atoms with van der Waals surface area (Å²) in [5, 5.41) is 5.74. The Bertz CT molecular complexity index is 764. The zero-order valence-electron chi connectivity index (χ0n) is 14.9. The Kier molecular flexibility index (Phi) is 6.12. The lowest BCUT2D eigenvalue weighted by Crippen LogP contribution is -2.30. The van der Waals surface area contributed by atoms with Crippen LogP contribution in [0.3, 0.4) is 0 Å². The molecule has 4 heteroatoms. The molecule has 1 atom stereocenters. The zero-order valence-corrected chi connectivity index (χ0v) is 14.9. The summed E-state index contributed by atoms with van der Waals surface area (Å²) < 4.78 is 0. The summed E-state index contributed by atoms with van der Waals surface area (Å²) >= 11 is 0. The third-order valence-corrected chi connectivity index (χ3v) is 3.83. The van der Waals surface area contributed by atoms with Crippen molar-refractivity contribution in [2.45, 2.75) is 32.9 Å². The molecule has 2 aromatic carbocycles. The molecular weight excluding hydrogens is 312 g/mol. The lowest BCUT2D eigenvalue weighted by molar-refractivity contribution is -0.117. The molecule has 0 fully saturated rings. The monoisotopic (exact) mass is 336 g/mol. The van der Waals surface area contributed by atoms with Gasteiger partial charge in [0.05, 0.1) is 6.04 Å². The smallest absolute Gasteiger partial charge is 0.251 e. The molecule has 0 saturated carbocycles. The van der Waals surface area contributed by atoms with E-state index in [4.69, 9.17) is 0 Å².